The molecule has 1 saturated carbocycles. The molecule has 2 nitrogen and oxygen atoms in total. The van der Waals surface area contributed by atoms with Crippen molar-refractivity contribution >= 4 is 22.1 Å². The van der Waals surface area contributed by atoms with Crippen LogP contribution in [-0.2, 0) is 4.79 Å². The average molecular weight is 249 g/mol. The van der Waals surface area contributed by atoms with Gasteiger partial charge >= 0.3 is 0 Å². The Bertz CT molecular complexity index is 804. The Morgan fingerprint density at radius 3 is 2.89 bits per heavy atom. The van der Waals surface area contributed by atoms with Crippen molar-refractivity contribution < 1.29 is 4.79 Å². The zero-order valence-electron chi connectivity index (χ0n) is 10.7. The lowest BCUT2D eigenvalue weighted by Crippen LogP contribution is -2.39. The summed E-state index contributed by atoms with van der Waals surface area (Å²) in [5, 5.41) is 4.79. The van der Waals surface area contributed by atoms with Crippen molar-refractivity contribution in [2.45, 2.75) is 19.3 Å². The summed E-state index contributed by atoms with van der Waals surface area (Å²) in [5.41, 5.74) is 1.33. The molecule has 0 saturated heterocycles. The third kappa shape index (κ3) is 1.56. The number of ketones is 1. The summed E-state index contributed by atoms with van der Waals surface area (Å²) in [6, 6.07) is 12.6. The summed E-state index contributed by atoms with van der Waals surface area (Å²) in [4.78, 5) is 16.7. The molecular formula is C17H15NO. The number of benzene rings is 2. The number of carbonyl (C=O) groups is 1. The maximum atomic E-state index is 12.1. The van der Waals surface area contributed by atoms with Crippen LogP contribution in [0.25, 0.3) is 16.3 Å². The summed E-state index contributed by atoms with van der Waals surface area (Å²) in [5.74, 6) is 0.427. The molecule has 1 aliphatic carbocycles. The monoisotopic (exact) mass is 249 g/mol. The first kappa shape index (κ1) is 10.9. The van der Waals surface area contributed by atoms with Crippen LogP contribution in [0.2, 0.25) is 0 Å². The Balaban J connectivity index is 2.18. The number of carbonyl (C=O) groups excluding carboxylic acids is 1. The zero-order valence-corrected chi connectivity index (χ0v) is 10.7. The summed E-state index contributed by atoms with van der Waals surface area (Å²) in [7, 11) is 0. The average Bonchev–Trinajstić information content (AvgIpc) is 2.47. The van der Waals surface area contributed by atoms with Gasteiger partial charge in [-0.1, -0.05) is 30.3 Å². The van der Waals surface area contributed by atoms with Gasteiger partial charge in [0.05, 0.1) is 17.8 Å². The van der Waals surface area contributed by atoms with Crippen molar-refractivity contribution in [2.24, 2.45) is 10.9 Å². The molecule has 1 unspecified atom stereocenters. The first-order valence-corrected chi connectivity index (χ1v) is 6.92. The van der Waals surface area contributed by atoms with Gasteiger partial charge in [0, 0.05) is 11.6 Å². The van der Waals surface area contributed by atoms with Gasteiger partial charge in [0.15, 0.2) is 0 Å². The molecular weight excluding hydrogens is 234 g/mol. The van der Waals surface area contributed by atoms with E-state index in [0.29, 0.717) is 12.3 Å². The first-order chi connectivity index (χ1) is 9.34. The predicted molar refractivity (Wildman–Crippen MR) is 75.4 cm³/mol. The maximum absolute atomic E-state index is 12.1. The normalized spacial score (nSPS) is 21.8. The number of rotatable bonds is 0. The number of fused-ring (bicyclic) bond motifs is 4. The number of Topliss-reactive ketones (excluding diaryl/α,β-unsaturated/α-hetero) is 1. The molecule has 2 aliphatic rings. The highest BCUT2D eigenvalue weighted by Gasteiger charge is 2.29. The van der Waals surface area contributed by atoms with E-state index in [9.17, 15) is 4.79 Å². The van der Waals surface area contributed by atoms with Crippen molar-refractivity contribution in [3.8, 4) is 0 Å². The molecule has 1 fully saturated rings. The molecule has 19 heavy (non-hydrogen) atoms. The zero-order chi connectivity index (χ0) is 12.8. The minimum atomic E-state index is 0.0482. The molecule has 2 heteroatoms. The molecule has 1 atom stereocenters. The highest BCUT2D eigenvalue weighted by molar-refractivity contribution is 5.94. The lowest BCUT2D eigenvalue weighted by molar-refractivity contribution is -0.121. The summed E-state index contributed by atoms with van der Waals surface area (Å²) < 4.78 is 0. The van der Waals surface area contributed by atoms with Gasteiger partial charge in [-0.25, -0.2) is 0 Å². The second-order valence-electron chi connectivity index (χ2n) is 5.42. The minimum absolute atomic E-state index is 0.0482. The Hall–Kier alpha value is -1.96. The van der Waals surface area contributed by atoms with Crippen molar-refractivity contribution in [3.05, 3.63) is 47.0 Å². The van der Waals surface area contributed by atoms with E-state index >= 15 is 0 Å². The van der Waals surface area contributed by atoms with Gasteiger partial charge in [-0.3, -0.25) is 9.79 Å². The van der Waals surface area contributed by atoms with Crippen LogP contribution in [0.5, 0.6) is 0 Å². The van der Waals surface area contributed by atoms with E-state index in [1.807, 2.05) is 0 Å². The fraction of sp³-hybridized carbons (Fsp3) is 0.294. The predicted octanol–water partition coefficient (Wildman–Crippen LogP) is 1.99. The second-order valence-corrected chi connectivity index (χ2v) is 5.42. The molecule has 4 rings (SSSR count). The second kappa shape index (κ2) is 4.02. The molecule has 0 radical (unpaired) electrons. The maximum Gasteiger partial charge on any atom is 0.141 e. The highest BCUT2D eigenvalue weighted by Crippen LogP contribution is 2.28. The van der Waals surface area contributed by atoms with Crippen LogP contribution in [0, 0.1) is 5.92 Å². The first-order valence-electron chi connectivity index (χ1n) is 6.92. The lowest BCUT2D eigenvalue weighted by Gasteiger charge is -2.26. The van der Waals surface area contributed by atoms with Gasteiger partial charge in [0.2, 0.25) is 0 Å². The molecule has 1 heterocycles. The van der Waals surface area contributed by atoms with Crippen LogP contribution >= 0.6 is 0 Å². The molecule has 1 aliphatic heterocycles. The van der Waals surface area contributed by atoms with Gasteiger partial charge in [0.25, 0.3) is 0 Å². The van der Waals surface area contributed by atoms with E-state index in [-0.39, 0.29) is 5.92 Å². The third-order valence-corrected chi connectivity index (χ3v) is 4.35. The Morgan fingerprint density at radius 2 is 1.95 bits per heavy atom. The molecule has 0 bridgehead atoms. The fourth-order valence-corrected chi connectivity index (χ4v) is 3.43. The SMILES string of the molecule is O=C1CCCC2=c3c(ccc4ccccc34)=NCC12. The Kier molecular flexibility index (Phi) is 2.31. The van der Waals surface area contributed by atoms with Gasteiger partial charge in [-0.15, -0.1) is 0 Å². The molecule has 0 spiro atoms. The van der Waals surface area contributed by atoms with Crippen molar-refractivity contribution in [1.29, 1.82) is 0 Å². The van der Waals surface area contributed by atoms with Gasteiger partial charge in [-0.05, 0) is 35.3 Å². The van der Waals surface area contributed by atoms with E-state index in [1.165, 1.54) is 21.6 Å². The van der Waals surface area contributed by atoms with Gasteiger partial charge < -0.3 is 0 Å². The van der Waals surface area contributed by atoms with Crippen LogP contribution < -0.4 is 10.6 Å². The number of hydrogen-bond acceptors (Lipinski definition) is 2. The van der Waals surface area contributed by atoms with Gasteiger partial charge in [-0.2, -0.15) is 0 Å². The van der Waals surface area contributed by atoms with E-state index in [1.54, 1.807) is 0 Å². The lowest BCUT2D eigenvalue weighted by atomic mass is 9.80. The van der Waals surface area contributed by atoms with E-state index in [2.05, 4.69) is 41.4 Å². The number of nitrogens with zero attached hydrogens (tertiary/aromatic N) is 1. The van der Waals surface area contributed by atoms with Crippen molar-refractivity contribution in [1.82, 2.24) is 0 Å². The van der Waals surface area contributed by atoms with Gasteiger partial charge in [0.1, 0.15) is 5.78 Å². The summed E-state index contributed by atoms with van der Waals surface area (Å²) >= 11 is 0. The van der Waals surface area contributed by atoms with Crippen LogP contribution in [-0.4, -0.2) is 12.3 Å². The molecule has 2 aromatic rings. The summed E-state index contributed by atoms with van der Waals surface area (Å²) in [6.45, 7) is 0.652. The third-order valence-electron chi connectivity index (χ3n) is 4.35. The smallest absolute Gasteiger partial charge is 0.141 e. The standard InChI is InChI=1S/C17H15NO/c19-16-7-3-6-13-14(16)10-18-15-9-8-11-4-1-2-5-12(11)17(13)15/h1-2,4-5,8-9,14H,3,6-7,10H2. The Labute approximate surface area is 111 Å². The largest absolute Gasteiger partial charge is 0.299 e. The Morgan fingerprint density at radius 1 is 1.05 bits per heavy atom. The molecule has 2 aromatic carbocycles. The number of hydrogen-bond donors (Lipinski definition) is 0. The molecule has 94 valence electrons. The van der Waals surface area contributed by atoms with Crippen LogP contribution in [0.4, 0.5) is 0 Å². The molecule has 0 N–H and O–H groups in total. The molecule has 0 amide bonds. The van der Waals surface area contributed by atoms with E-state index < -0.39 is 0 Å². The summed E-state index contributed by atoms with van der Waals surface area (Å²) in [6.07, 6.45) is 2.77. The molecule has 0 aromatic heterocycles. The highest BCUT2D eigenvalue weighted by atomic mass is 16.1. The quantitative estimate of drug-likeness (QED) is 0.702. The van der Waals surface area contributed by atoms with Crippen LogP contribution in [0.3, 0.4) is 0 Å². The van der Waals surface area contributed by atoms with E-state index in [0.717, 1.165) is 24.6 Å². The topological polar surface area (TPSA) is 29.4 Å². The van der Waals surface area contributed by atoms with Crippen LogP contribution in [0.15, 0.2) is 41.4 Å². The minimum Gasteiger partial charge on any atom is -0.299 e. The fourth-order valence-electron chi connectivity index (χ4n) is 3.43. The van der Waals surface area contributed by atoms with Crippen molar-refractivity contribution in [3.63, 3.8) is 0 Å². The van der Waals surface area contributed by atoms with Crippen LogP contribution in [0.1, 0.15) is 19.3 Å². The van der Waals surface area contributed by atoms with E-state index in [4.69, 9.17) is 0 Å². The van der Waals surface area contributed by atoms with Crippen molar-refractivity contribution in [2.75, 3.05) is 6.54 Å².